The van der Waals surface area contributed by atoms with Gasteiger partial charge in [-0.15, -0.1) is 11.3 Å². The Morgan fingerprint density at radius 2 is 2.04 bits per heavy atom. The van der Waals surface area contributed by atoms with Crippen LogP contribution in [0.3, 0.4) is 0 Å². The van der Waals surface area contributed by atoms with E-state index in [-0.39, 0.29) is 5.97 Å². The van der Waals surface area contributed by atoms with E-state index in [9.17, 15) is 4.79 Å². The number of guanidine groups is 1. The molecule has 0 radical (unpaired) electrons. The molecule has 1 aromatic heterocycles. The Morgan fingerprint density at radius 3 is 2.72 bits per heavy atom. The number of aliphatic imine (C=N–C) groups is 1. The lowest BCUT2D eigenvalue weighted by molar-refractivity contribution is -0.143. The van der Waals surface area contributed by atoms with Crippen LogP contribution >= 0.6 is 11.3 Å². The summed E-state index contributed by atoms with van der Waals surface area (Å²) in [5.74, 6) is 0.774. The van der Waals surface area contributed by atoms with Gasteiger partial charge in [0.25, 0.3) is 0 Å². The summed E-state index contributed by atoms with van der Waals surface area (Å²) in [6, 6.07) is 0. The highest BCUT2D eigenvalue weighted by Crippen LogP contribution is 2.07. The number of esters is 1. The van der Waals surface area contributed by atoms with Gasteiger partial charge in [-0.3, -0.25) is 9.79 Å². The minimum Gasteiger partial charge on any atom is -0.466 e. The van der Waals surface area contributed by atoms with Crippen LogP contribution in [0.5, 0.6) is 0 Å². The molecule has 0 aromatic carbocycles. The quantitative estimate of drug-likeness (QED) is 0.257. The Kier molecular flexibility index (Phi) is 11.7. The lowest BCUT2D eigenvalue weighted by atomic mass is 10.1. The SMILES string of the molecule is CCNC(=NCCCCCCC(=O)OCC)NCCc1csc(C)n1. The van der Waals surface area contributed by atoms with Crippen molar-refractivity contribution in [1.82, 2.24) is 15.6 Å². The summed E-state index contributed by atoms with van der Waals surface area (Å²) < 4.78 is 4.92. The number of hydrogen-bond donors (Lipinski definition) is 2. The molecule has 1 heterocycles. The molecule has 25 heavy (non-hydrogen) atoms. The van der Waals surface area contributed by atoms with E-state index in [4.69, 9.17) is 4.74 Å². The van der Waals surface area contributed by atoms with Crippen molar-refractivity contribution in [2.75, 3.05) is 26.2 Å². The Bertz CT molecular complexity index is 517. The number of thiazole rings is 1. The molecule has 0 unspecified atom stereocenters. The zero-order valence-corrected chi connectivity index (χ0v) is 16.6. The van der Waals surface area contributed by atoms with Gasteiger partial charge in [0.05, 0.1) is 17.3 Å². The van der Waals surface area contributed by atoms with Crippen molar-refractivity contribution in [3.63, 3.8) is 0 Å². The summed E-state index contributed by atoms with van der Waals surface area (Å²) in [5.41, 5.74) is 1.13. The monoisotopic (exact) mass is 368 g/mol. The van der Waals surface area contributed by atoms with Crippen LogP contribution in [0.4, 0.5) is 0 Å². The summed E-state index contributed by atoms with van der Waals surface area (Å²) in [7, 11) is 0. The second-order valence-corrected chi connectivity index (χ2v) is 6.83. The normalized spacial score (nSPS) is 11.4. The van der Waals surface area contributed by atoms with Gasteiger partial charge in [0, 0.05) is 37.9 Å². The van der Waals surface area contributed by atoms with E-state index in [1.165, 1.54) is 0 Å². The van der Waals surface area contributed by atoms with Gasteiger partial charge >= 0.3 is 5.97 Å². The zero-order chi connectivity index (χ0) is 18.3. The fraction of sp³-hybridized carbons (Fsp3) is 0.722. The molecule has 0 spiro atoms. The van der Waals surface area contributed by atoms with Gasteiger partial charge in [0.2, 0.25) is 0 Å². The third-order valence-corrected chi connectivity index (χ3v) is 4.37. The van der Waals surface area contributed by atoms with Gasteiger partial charge in [0.1, 0.15) is 0 Å². The molecule has 0 saturated heterocycles. The van der Waals surface area contributed by atoms with Crippen LogP contribution in [0.25, 0.3) is 0 Å². The minimum absolute atomic E-state index is 0.0885. The largest absolute Gasteiger partial charge is 0.466 e. The molecule has 142 valence electrons. The average molecular weight is 369 g/mol. The standard InChI is InChI=1S/C18H32N4O2S/c1-4-19-18(21-13-11-16-14-25-15(3)22-16)20-12-9-7-6-8-10-17(23)24-5-2/h14H,4-13H2,1-3H3,(H2,19,20,21). The van der Waals surface area contributed by atoms with Crippen molar-refractivity contribution in [3.05, 3.63) is 16.1 Å². The molecule has 1 rings (SSSR count). The van der Waals surface area contributed by atoms with E-state index in [1.54, 1.807) is 11.3 Å². The molecule has 0 saturated carbocycles. The van der Waals surface area contributed by atoms with Crippen LogP contribution in [0.2, 0.25) is 0 Å². The van der Waals surface area contributed by atoms with Crippen LogP contribution in [0, 0.1) is 6.92 Å². The van der Waals surface area contributed by atoms with E-state index >= 15 is 0 Å². The topological polar surface area (TPSA) is 75.6 Å². The first-order valence-electron chi connectivity index (χ1n) is 9.24. The van der Waals surface area contributed by atoms with Crippen LogP contribution in [0.1, 0.15) is 56.7 Å². The molecule has 0 aliphatic rings. The van der Waals surface area contributed by atoms with E-state index in [0.717, 1.165) is 68.4 Å². The summed E-state index contributed by atoms with van der Waals surface area (Å²) in [6.45, 7) is 8.87. The second kappa shape index (κ2) is 13.6. The maximum absolute atomic E-state index is 11.2. The smallest absolute Gasteiger partial charge is 0.305 e. The van der Waals surface area contributed by atoms with Crippen LogP contribution in [-0.2, 0) is 16.0 Å². The molecule has 2 N–H and O–H groups in total. The van der Waals surface area contributed by atoms with Gasteiger partial charge in [-0.2, -0.15) is 0 Å². The number of hydrogen-bond acceptors (Lipinski definition) is 5. The fourth-order valence-corrected chi connectivity index (χ4v) is 2.98. The minimum atomic E-state index is -0.0885. The van der Waals surface area contributed by atoms with Crippen molar-refractivity contribution < 1.29 is 9.53 Å². The van der Waals surface area contributed by atoms with E-state index < -0.39 is 0 Å². The Morgan fingerprint density at radius 1 is 1.24 bits per heavy atom. The molecule has 0 fully saturated rings. The van der Waals surface area contributed by atoms with Crippen molar-refractivity contribution in [1.29, 1.82) is 0 Å². The molecule has 0 atom stereocenters. The molecular weight excluding hydrogens is 336 g/mol. The molecule has 1 aromatic rings. The lowest BCUT2D eigenvalue weighted by Crippen LogP contribution is -2.38. The molecule has 7 heteroatoms. The number of carbonyl (C=O) groups excluding carboxylic acids is 1. The predicted octanol–water partition coefficient (Wildman–Crippen LogP) is 3.06. The van der Waals surface area contributed by atoms with Gasteiger partial charge in [-0.1, -0.05) is 12.8 Å². The number of carbonyl (C=O) groups is 1. The van der Waals surface area contributed by atoms with Gasteiger partial charge < -0.3 is 15.4 Å². The van der Waals surface area contributed by atoms with E-state index in [2.05, 4.69) is 32.9 Å². The van der Waals surface area contributed by atoms with Gasteiger partial charge in [-0.05, 0) is 33.6 Å². The molecule has 0 bridgehead atoms. The Labute approximate surface area is 155 Å². The summed E-state index contributed by atoms with van der Waals surface area (Å²) >= 11 is 1.69. The third-order valence-electron chi connectivity index (χ3n) is 3.55. The molecule has 0 amide bonds. The van der Waals surface area contributed by atoms with Crippen molar-refractivity contribution in [2.45, 2.75) is 59.3 Å². The molecule has 0 aliphatic carbocycles. The molecular formula is C18H32N4O2S. The van der Waals surface area contributed by atoms with Crippen LogP contribution < -0.4 is 10.6 Å². The van der Waals surface area contributed by atoms with Crippen molar-refractivity contribution >= 4 is 23.3 Å². The van der Waals surface area contributed by atoms with Crippen LogP contribution in [-0.4, -0.2) is 43.2 Å². The lowest BCUT2D eigenvalue weighted by Gasteiger charge is -2.10. The predicted molar refractivity (Wildman–Crippen MR) is 104 cm³/mol. The van der Waals surface area contributed by atoms with E-state index in [0.29, 0.717) is 13.0 Å². The first kappa shape index (κ1) is 21.4. The number of ether oxygens (including phenoxy) is 1. The number of nitrogens with one attached hydrogen (secondary N) is 2. The van der Waals surface area contributed by atoms with Gasteiger partial charge in [-0.25, -0.2) is 4.98 Å². The summed E-state index contributed by atoms with van der Waals surface area (Å²) in [6.07, 6.45) is 5.49. The highest BCUT2D eigenvalue weighted by Gasteiger charge is 2.02. The first-order valence-corrected chi connectivity index (χ1v) is 10.1. The number of nitrogens with zero attached hydrogens (tertiary/aromatic N) is 2. The van der Waals surface area contributed by atoms with E-state index in [1.807, 2.05) is 13.8 Å². The van der Waals surface area contributed by atoms with Crippen LogP contribution in [0.15, 0.2) is 10.4 Å². The second-order valence-electron chi connectivity index (χ2n) is 5.76. The maximum atomic E-state index is 11.2. The Balaban J connectivity index is 2.14. The zero-order valence-electron chi connectivity index (χ0n) is 15.8. The first-order chi connectivity index (χ1) is 12.2. The number of rotatable bonds is 12. The summed E-state index contributed by atoms with van der Waals surface area (Å²) in [4.78, 5) is 20.3. The van der Waals surface area contributed by atoms with Crippen molar-refractivity contribution in [2.24, 2.45) is 4.99 Å². The highest BCUT2D eigenvalue weighted by molar-refractivity contribution is 7.09. The Hall–Kier alpha value is -1.63. The summed E-state index contributed by atoms with van der Waals surface area (Å²) in [5, 5.41) is 9.84. The molecule has 0 aliphatic heterocycles. The fourth-order valence-electron chi connectivity index (χ4n) is 2.33. The number of aryl methyl sites for hydroxylation is 1. The van der Waals surface area contributed by atoms with Gasteiger partial charge in [0.15, 0.2) is 5.96 Å². The van der Waals surface area contributed by atoms with Crippen molar-refractivity contribution in [3.8, 4) is 0 Å². The number of aromatic nitrogens is 1. The third kappa shape index (κ3) is 10.8. The maximum Gasteiger partial charge on any atom is 0.305 e. The average Bonchev–Trinajstić information content (AvgIpc) is 2.99. The number of unbranched alkanes of at least 4 members (excludes halogenated alkanes) is 3. The molecule has 6 nitrogen and oxygen atoms in total. The highest BCUT2D eigenvalue weighted by atomic mass is 32.1.